The van der Waals surface area contributed by atoms with Crippen molar-refractivity contribution in [3.05, 3.63) is 107 Å². The van der Waals surface area contributed by atoms with Crippen molar-refractivity contribution in [2.75, 3.05) is 7.11 Å². The van der Waals surface area contributed by atoms with Crippen LogP contribution < -0.4 is 4.46 Å². The number of rotatable bonds is 7. The van der Waals surface area contributed by atoms with Crippen LogP contribution in [0.15, 0.2) is 95.5 Å². The predicted octanol–water partition coefficient (Wildman–Crippen LogP) is 4.84. The van der Waals surface area contributed by atoms with Gasteiger partial charge < -0.3 is 0 Å². The van der Waals surface area contributed by atoms with Crippen molar-refractivity contribution >= 4 is 25.5 Å². The Morgan fingerprint density at radius 3 is 2.00 bits per heavy atom. The number of hydrogen-bond acceptors (Lipinski definition) is 1. The number of hydrogen-bond donors (Lipinski definition) is 0. The molecule has 0 bridgehead atoms. The van der Waals surface area contributed by atoms with Crippen LogP contribution in [-0.2, 0) is 4.74 Å². The molecule has 25 heavy (non-hydrogen) atoms. The molecule has 2 heteroatoms. The summed E-state index contributed by atoms with van der Waals surface area (Å²) in [5, 5.41) is 0. The Labute approximate surface area is 156 Å². The molecule has 1 atom stereocenters. The molecule has 3 rings (SSSR count). The van der Waals surface area contributed by atoms with E-state index < -0.39 is 0 Å². The number of benzene rings is 3. The summed E-state index contributed by atoms with van der Waals surface area (Å²) < 4.78 is 8.63. The van der Waals surface area contributed by atoms with E-state index in [0.29, 0.717) is 0 Å². The van der Waals surface area contributed by atoms with Gasteiger partial charge in [-0.25, -0.2) is 0 Å². The van der Waals surface area contributed by atoms with E-state index in [-0.39, 0.29) is 21.1 Å². The molecule has 0 heterocycles. The molecular formula is C23H22OSe. The van der Waals surface area contributed by atoms with E-state index in [2.05, 4.69) is 91.0 Å². The predicted molar refractivity (Wildman–Crippen MR) is 107 cm³/mol. The first kappa shape index (κ1) is 17.7. The van der Waals surface area contributed by atoms with E-state index in [1.54, 1.807) is 7.11 Å². The summed E-state index contributed by atoms with van der Waals surface area (Å²) in [5.74, 6) is 0. The van der Waals surface area contributed by atoms with Crippen molar-refractivity contribution in [3.8, 4) is 0 Å². The van der Waals surface area contributed by atoms with Crippen molar-refractivity contribution in [2.24, 2.45) is 0 Å². The summed E-state index contributed by atoms with van der Waals surface area (Å²) >= 11 is 0.280. The summed E-state index contributed by atoms with van der Waals surface area (Å²) in [7, 11) is 1.80. The van der Waals surface area contributed by atoms with Crippen LogP contribution in [0.25, 0.3) is 6.08 Å². The van der Waals surface area contributed by atoms with Crippen LogP contribution in [0.4, 0.5) is 0 Å². The average molecular weight is 393 g/mol. The van der Waals surface area contributed by atoms with Gasteiger partial charge in [0.2, 0.25) is 0 Å². The third-order valence-corrected chi connectivity index (χ3v) is 6.17. The van der Waals surface area contributed by atoms with Gasteiger partial charge in [-0.15, -0.1) is 0 Å². The monoisotopic (exact) mass is 394 g/mol. The van der Waals surface area contributed by atoms with Gasteiger partial charge in [-0.05, 0) is 0 Å². The molecular weight excluding hydrogens is 371 g/mol. The average Bonchev–Trinajstić information content (AvgIpc) is 2.68. The van der Waals surface area contributed by atoms with E-state index in [4.69, 9.17) is 4.74 Å². The molecule has 0 fully saturated rings. The zero-order valence-corrected chi connectivity index (χ0v) is 16.1. The van der Waals surface area contributed by atoms with Crippen LogP contribution in [0, 0.1) is 0 Å². The van der Waals surface area contributed by atoms with Gasteiger partial charge in [0.25, 0.3) is 0 Å². The van der Waals surface area contributed by atoms with Crippen LogP contribution in [0.3, 0.4) is 0 Å². The molecule has 3 aromatic carbocycles. The Kier molecular flexibility index (Phi) is 6.64. The SMILES string of the molecule is CO[C@@H](C/C(=C\c1ccccc1)[Se]c1ccccc1)c1ccccc1. The minimum absolute atomic E-state index is 0.0850. The first-order chi connectivity index (χ1) is 12.3. The third kappa shape index (κ3) is 5.44. The fourth-order valence-corrected chi connectivity index (χ4v) is 4.84. The van der Waals surface area contributed by atoms with Gasteiger partial charge in [0.1, 0.15) is 0 Å². The first-order valence-corrected chi connectivity index (χ1v) is 10.1. The van der Waals surface area contributed by atoms with Crippen molar-refractivity contribution < 1.29 is 4.74 Å². The molecule has 0 saturated heterocycles. The zero-order chi connectivity index (χ0) is 17.3. The second-order valence-electron chi connectivity index (χ2n) is 5.78. The summed E-state index contributed by atoms with van der Waals surface area (Å²) in [4.78, 5) is 0. The fourth-order valence-electron chi connectivity index (χ4n) is 2.69. The number of ether oxygens (including phenoxy) is 1. The van der Waals surface area contributed by atoms with Gasteiger partial charge in [-0.2, -0.15) is 0 Å². The van der Waals surface area contributed by atoms with Crippen LogP contribution >= 0.6 is 0 Å². The second-order valence-corrected chi connectivity index (χ2v) is 8.29. The molecule has 126 valence electrons. The van der Waals surface area contributed by atoms with Gasteiger partial charge in [-0.1, -0.05) is 0 Å². The summed E-state index contributed by atoms with van der Waals surface area (Å²) in [6, 6.07) is 31.7. The van der Waals surface area contributed by atoms with Crippen LogP contribution in [-0.4, -0.2) is 22.1 Å². The summed E-state index contributed by atoms with van der Waals surface area (Å²) in [5.41, 5.74) is 2.48. The van der Waals surface area contributed by atoms with Crippen LogP contribution in [0.2, 0.25) is 0 Å². The molecule has 0 spiro atoms. The van der Waals surface area contributed by atoms with Crippen molar-refractivity contribution in [3.63, 3.8) is 0 Å². The Balaban J connectivity index is 1.86. The van der Waals surface area contributed by atoms with Crippen molar-refractivity contribution in [2.45, 2.75) is 12.5 Å². The van der Waals surface area contributed by atoms with Gasteiger partial charge >= 0.3 is 156 Å². The zero-order valence-electron chi connectivity index (χ0n) is 14.3. The van der Waals surface area contributed by atoms with Crippen LogP contribution in [0.5, 0.6) is 0 Å². The van der Waals surface area contributed by atoms with Crippen molar-refractivity contribution in [1.29, 1.82) is 0 Å². The fraction of sp³-hybridized carbons (Fsp3) is 0.130. The molecule has 0 saturated carbocycles. The Bertz CT molecular complexity index is 782. The van der Waals surface area contributed by atoms with Crippen LogP contribution in [0.1, 0.15) is 23.7 Å². The molecule has 0 aliphatic carbocycles. The Morgan fingerprint density at radius 1 is 0.840 bits per heavy atom. The molecule has 0 radical (unpaired) electrons. The molecule has 0 aliphatic rings. The third-order valence-electron chi connectivity index (χ3n) is 3.96. The minimum atomic E-state index is 0.0850. The van der Waals surface area contributed by atoms with Crippen molar-refractivity contribution in [1.82, 2.24) is 0 Å². The van der Waals surface area contributed by atoms with E-state index in [1.807, 2.05) is 6.07 Å². The quantitative estimate of drug-likeness (QED) is 0.522. The normalized spacial score (nSPS) is 12.8. The topological polar surface area (TPSA) is 9.23 Å². The summed E-state index contributed by atoms with van der Waals surface area (Å²) in [6.45, 7) is 0. The van der Waals surface area contributed by atoms with Gasteiger partial charge in [0, 0.05) is 0 Å². The second kappa shape index (κ2) is 9.39. The molecule has 0 amide bonds. The molecule has 0 unspecified atom stereocenters. The Morgan fingerprint density at radius 2 is 1.40 bits per heavy atom. The molecule has 0 aliphatic heterocycles. The molecule has 1 nitrogen and oxygen atoms in total. The molecule has 0 aromatic heterocycles. The van der Waals surface area contributed by atoms with E-state index >= 15 is 0 Å². The standard InChI is InChI=1S/C23H22OSe/c1-24-23(20-13-7-3-8-14-20)18-22(17-19-11-5-2-6-12-19)25-21-15-9-4-10-16-21/h2-17,23H,18H2,1H3/b22-17+/t23-/m0/s1. The number of methoxy groups -OCH3 is 1. The van der Waals surface area contributed by atoms with E-state index in [0.717, 1.165) is 6.42 Å². The molecule has 0 N–H and O–H groups in total. The summed E-state index contributed by atoms with van der Waals surface area (Å²) in [6.07, 6.45) is 3.31. The van der Waals surface area contributed by atoms with Gasteiger partial charge in [0.05, 0.1) is 0 Å². The van der Waals surface area contributed by atoms with E-state index in [1.165, 1.54) is 20.1 Å². The maximum atomic E-state index is 5.81. The molecule has 3 aromatic rings. The van der Waals surface area contributed by atoms with E-state index in [9.17, 15) is 0 Å². The van der Waals surface area contributed by atoms with Gasteiger partial charge in [-0.3, -0.25) is 0 Å². The van der Waals surface area contributed by atoms with Gasteiger partial charge in [0.15, 0.2) is 0 Å². The maximum absolute atomic E-state index is 5.81. The Hall–Kier alpha value is -2.12. The first-order valence-electron chi connectivity index (χ1n) is 8.41.